The van der Waals surface area contributed by atoms with E-state index >= 15 is 0 Å². The van der Waals surface area contributed by atoms with Crippen molar-refractivity contribution >= 4 is 33.2 Å². The Morgan fingerprint density at radius 1 is 1.12 bits per heavy atom. The Morgan fingerprint density at radius 3 is 2.56 bits per heavy atom. The Bertz CT molecular complexity index is 1120. The lowest BCUT2D eigenvalue weighted by molar-refractivity contribution is -0.118. The third-order valence-electron chi connectivity index (χ3n) is 5.68. The second kappa shape index (κ2) is 9.35. The predicted octanol–water partition coefficient (Wildman–Crippen LogP) is 2.09. The monoisotopic (exact) mass is 460 g/mol. The van der Waals surface area contributed by atoms with E-state index in [1.807, 2.05) is 35.2 Å². The molecule has 2 aromatic rings. The fourth-order valence-electron chi connectivity index (χ4n) is 4.00. The average molecular weight is 461 g/mol. The zero-order valence-corrected chi connectivity index (χ0v) is 18.3. The van der Waals surface area contributed by atoms with E-state index in [1.165, 1.54) is 6.07 Å². The molecule has 170 valence electrons. The SMILES string of the molecule is O=C(CN1CCC(NS(=O)(=O)c2cc3c(cc2F)NC(=O)CC3)CC1)Nc1ccccc1. The van der Waals surface area contributed by atoms with Gasteiger partial charge in [0.2, 0.25) is 21.8 Å². The summed E-state index contributed by atoms with van der Waals surface area (Å²) in [4.78, 5) is 25.3. The smallest absolute Gasteiger partial charge is 0.243 e. The average Bonchev–Trinajstić information content (AvgIpc) is 2.75. The van der Waals surface area contributed by atoms with Gasteiger partial charge in [-0.15, -0.1) is 0 Å². The Labute approximate surface area is 186 Å². The van der Waals surface area contributed by atoms with Crippen molar-refractivity contribution in [1.29, 1.82) is 0 Å². The van der Waals surface area contributed by atoms with E-state index in [0.717, 1.165) is 11.8 Å². The number of halogens is 1. The van der Waals surface area contributed by atoms with Gasteiger partial charge in [-0.05, 0) is 49.1 Å². The molecule has 2 aliphatic heterocycles. The summed E-state index contributed by atoms with van der Waals surface area (Å²) in [5.74, 6) is -1.23. The molecule has 32 heavy (non-hydrogen) atoms. The second-order valence-electron chi connectivity index (χ2n) is 8.07. The number of aryl methyl sites for hydroxylation is 1. The molecule has 8 nitrogen and oxygen atoms in total. The molecule has 0 aliphatic carbocycles. The first-order chi connectivity index (χ1) is 15.3. The molecule has 3 N–H and O–H groups in total. The molecular weight excluding hydrogens is 435 g/mol. The molecule has 2 amide bonds. The number of carbonyl (C=O) groups excluding carboxylic acids is 2. The minimum Gasteiger partial charge on any atom is -0.326 e. The van der Waals surface area contributed by atoms with E-state index in [4.69, 9.17) is 0 Å². The molecule has 2 heterocycles. The van der Waals surface area contributed by atoms with Crippen LogP contribution in [0.1, 0.15) is 24.8 Å². The van der Waals surface area contributed by atoms with Crippen LogP contribution in [0.2, 0.25) is 0 Å². The van der Waals surface area contributed by atoms with Crippen molar-refractivity contribution in [3.05, 3.63) is 53.8 Å². The first-order valence-corrected chi connectivity index (χ1v) is 12.0. The molecular formula is C22H25FN4O4S. The van der Waals surface area contributed by atoms with E-state index in [-0.39, 0.29) is 30.8 Å². The first kappa shape index (κ1) is 22.4. The molecule has 1 fully saturated rings. The summed E-state index contributed by atoms with van der Waals surface area (Å²) in [6, 6.07) is 11.2. The van der Waals surface area contributed by atoms with Gasteiger partial charge in [-0.25, -0.2) is 17.5 Å². The van der Waals surface area contributed by atoms with Gasteiger partial charge < -0.3 is 10.6 Å². The van der Waals surface area contributed by atoms with Crippen LogP contribution in [-0.2, 0) is 26.0 Å². The van der Waals surface area contributed by atoms with Crippen molar-refractivity contribution in [3.63, 3.8) is 0 Å². The molecule has 0 radical (unpaired) electrons. The quantitative estimate of drug-likeness (QED) is 0.612. The number of amides is 2. The van der Waals surface area contributed by atoms with E-state index in [2.05, 4.69) is 15.4 Å². The van der Waals surface area contributed by atoms with Crippen LogP contribution in [0, 0.1) is 5.82 Å². The molecule has 0 aromatic heterocycles. The second-order valence-corrected chi connectivity index (χ2v) is 9.76. The van der Waals surface area contributed by atoms with Gasteiger partial charge in [0, 0.05) is 36.9 Å². The lowest BCUT2D eigenvalue weighted by Gasteiger charge is -2.31. The van der Waals surface area contributed by atoms with Crippen molar-refractivity contribution < 1.29 is 22.4 Å². The number of piperidine rings is 1. The van der Waals surface area contributed by atoms with Crippen molar-refractivity contribution in [2.45, 2.75) is 36.6 Å². The Hall–Kier alpha value is -2.82. The first-order valence-electron chi connectivity index (χ1n) is 10.5. The molecule has 0 atom stereocenters. The number of nitrogens with one attached hydrogen (secondary N) is 3. The van der Waals surface area contributed by atoms with Gasteiger partial charge in [0.15, 0.2) is 0 Å². The number of nitrogens with zero attached hydrogens (tertiary/aromatic N) is 1. The molecule has 0 spiro atoms. The molecule has 1 saturated heterocycles. The number of rotatable bonds is 6. The summed E-state index contributed by atoms with van der Waals surface area (Å²) in [6.45, 7) is 1.32. The number of sulfonamides is 1. The number of para-hydroxylation sites is 1. The highest BCUT2D eigenvalue weighted by Crippen LogP contribution is 2.28. The van der Waals surface area contributed by atoms with Crippen LogP contribution in [0.3, 0.4) is 0 Å². The van der Waals surface area contributed by atoms with Gasteiger partial charge in [-0.3, -0.25) is 14.5 Å². The Kier molecular flexibility index (Phi) is 6.54. The lowest BCUT2D eigenvalue weighted by Crippen LogP contribution is -2.46. The summed E-state index contributed by atoms with van der Waals surface area (Å²) in [5.41, 5.74) is 1.65. The molecule has 0 unspecified atom stereocenters. The maximum absolute atomic E-state index is 14.5. The lowest BCUT2D eigenvalue weighted by atomic mass is 10.0. The standard InChI is InChI=1S/C22H25FN4O4S/c23-18-13-19-15(6-7-21(28)25-19)12-20(18)32(30,31)26-17-8-10-27(11-9-17)14-22(29)24-16-4-2-1-3-5-16/h1-5,12-13,17,26H,6-11,14H2,(H,24,29)(H,25,28). The highest BCUT2D eigenvalue weighted by atomic mass is 32.2. The van der Waals surface area contributed by atoms with E-state index < -0.39 is 20.7 Å². The van der Waals surface area contributed by atoms with Crippen LogP contribution >= 0.6 is 0 Å². The summed E-state index contributed by atoms with van der Waals surface area (Å²) in [5, 5.41) is 5.40. The third kappa shape index (κ3) is 5.32. The molecule has 4 rings (SSSR count). The van der Waals surface area contributed by atoms with Crippen molar-refractivity contribution in [2.24, 2.45) is 0 Å². The number of likely N-dealkylation sites (tertiary alicyclic amines) is 1. The third-order valence-corrected chi connectivity index (χ3v) is 7.21. The number of hydrogen-bond donors (Lipinski definition) is 3. The molecule has 2 aromatic carbocycles. The van der Waals surface area contributed by atoms with Gasteiger partial charge in [0.25, 0.3) is 0 Å². The summed E-state index contributed by atoms with van der Waals surface area (Å²) >= 11 is 0. The zero-order chi connectivity index (χ0) is 22.7. The van der Waals surface area contributed by atoms with Crippen LogP contribution in [0.25, 0.3) is 0 Å². The largest absolute Gasteiger partial charge is 0.326 e. The summed E-state index contributed by atoms with van der Waals surface area (Å²) < 4.78 is 42.8. The fourth-order valence-corrected chi connectivity index (χ4v) is 5.42. The number of benzene rings is 2. The fraction of sp³-hybridized carbons (Fsp3) is 0.364. The predicted molar refractivity (Wildman–Crippen MR) is 118 cm³/mol. The number of hydrogen-bond acceptors (Lipinski definition) is 5. The van der Waals surface area contributed by atoms with Gasteiger partial charge in [-0.1, -0.05) is 18.2 Å². The minimum atomic E-state index is -4.05. The molecule has 2 aliphatic rings. The normalized spacial score (nSPS) is 17.5. The van der Waals surface area contributed by atoms with Crippen LogP contribution in [0.5, 0.6) is 0 Å². The molecule has 0 bridgehead atoms. The van der Waals surface area contributed by atoms with Gasteiger partial charge >= 0.3 is 0 Å². The van der Waals surface area contributed by atoms with Gasteiger partial charge in [-0.2, -0.15) is 0 Å². The van der Waals surface area contributed by atoms with Crippen LogP contribution in [-0.4, -0.2) is 50.8 Å². The number of carbonyl (C=O) groups is 2. The van der Waals surface area contributed by atoms with E-state index in [1.54, 1.807) is 0 Å². The minimum absolute atomic E-state index is 0.126. The van der Waals surface area contributed by atoms with Crippen molar-refractivity contribution in [1.82, 2.24) is 9.62 Å². The topological polar surface area (TPSA) is 108 Å². The summed E-state index contributed by atoms with van der Waals surface area (Å²) in [6.07, 6.45) is 1.64. The number of anilines is 2. The van der Waals surface area contributed by atoms with Crippen LogP contribution in [0.15, 0.2) is 47.4 Å². The Morgan fingerprint density at radius 2 is 1.84 bits per heavy atom. The zero-order valence-electron chi connectivity index (χ0n) is 17.4. The maximum Gasteiger partial charge on any atom is 0.243 e. The van der Waals surface area contributed by atoms with Gasteiger partial charge in [0.05, 0.1) is 6.54 Å². The van der Waals surface area contributed by atoms with Crippen LogP contribution < -0.4 is 15.4 Å². The summed E-state index contributed by atoms with van der Waals surface area (Å²) in [7, 11) is -4.05. The van der Waals surface area contributed by atoms with Crippen molar-refractivity contribution in [2.75, 3.05) is 30.3 Å². The molecule has 10 heteroatoms. The maximum atomic E-state index is 14.5. The van der Waals surface area contributed by atoms with Gasteiger partial charge in [0.1, 0.15) is 10.7 Å². The Balaban J connectivity index is 1.33. The highest BCUT2D eigenvalue weighted by molar-refractivity contribution is 7.89. The highest BCUT2D eigenvalue weighted by Gasteiger charge is 2.29. The molecule has 0 saturated carbocycles. The van der Waals surface area contributed by atoms with E-state index in [0.29, 0.717) is 43.6 Å². The number of fused-ring (bicyclic) bond motifs is 1. The van der Waals surface area contributed by atoms with Crippen LogP contribution in [0.4, 0.5) is 15.8 Å². The van der Waals surface area contributed by atoms with Crippen molar-refractivity contribution in [3.8, 4) is 0 Å². The van der Waals surface area contributed by atoms with E-state index in [9.17, 15) is 22.4 Å².